The third kappa shape index (κ3) is 2.57. The Morgan fingerprint density at radius 1 is 1.31 bits per heavy atom. The maximum atomic E-state index is 10.7. The largest absolute Gasteiger partial charge is 0.481 e. The van der Waals surface area contributed by atoms with E-state index < -0.39 is 17.4 Å². The normalized spacial score (nSPS) is 12.7. The number of carboxylic acids is 2. The van der Waals surface area contributed by atoms with Gasteiger partial charge in [-0.25, -0.2) is 4.79 Å². The molecule has 0 saturated heterocycles. The summed E-state index contributed by atoms with van der Waals surface area (Å²) in [7, 11) is 0. The van der Waals surface area contributed by atoms with Gasteiger partial charge >= 0.3 is 11.9 Å². The first-order chi connectivity index (χ1) is 5.84. The molecule has 0 heterocycles. The molecule has 0 fully saturated rings. The van der Waals surface area contributed by atoms with E-state index in [9.17, 15) is 9.59 Å². The fourth-order valence-corrected chi connectivity index (χ4v) is 0.929. The van der Waals surface area contributed by atoms with E-state index in [-0.39, 0.29) is 5.57 Å². The third-order valence-corrected chi connectivity index (χ3v) is 1.85. The molecule has 0 aliphatic heterocycles. The first-order valence-electron chi connectivity index (χ1n) is 4.01. The van der Waals surface area contributed by atoms with Crippen LogP contribution in [-0.4, -0.2) is 22.2 Å². The molecule has 0 saturated carbocycles. The van der Waals surface area contributed by atoms with E-state index >= 15 is 0 Å². The lowest BCUT2D eigenvalue weighted by molar-refractivity contribution is -0.148. The van der Waals surface area contributed by atoms with Crippen LogP contribution in [0.15, 0.2) is 11.6 Å². The molecule has 0 unspecified atom stereocenters. The molecule has 0 atom stereocenters. The van der Waals surface area contributed by atoms with Gasteiger partial charge in [-0.2, -0.15) is 0 Å². The Hall–Kier alpha value is -1.32. The second-order valence-electron chi connectivity index (χ2n) is 3.26. The lowest BCUT2D eigenvalue weighted by Crippen LogP contribution is -2.30. The van der Waals surface area contributed by atoms with Crippen molar-refractivity contribution in [1.82, 2.24) is 0 Å². The molecule has 4 heteroatoms. The van der Waals surface area contributed by atoms with Crippen molar-refractivity contribution in [2.24, 2.45) is 5.41 Å². The molecule has 0 bridgehead atoms. The Morgan fingerprint density at radius 2 is 1.77 bits per heavy atom. The average Bonchev–Trinajstić information content (AvgIpc) is 1.98. The second kappa shape index (κ2) is 4.07. The van der Waals surface area contributed by atoms with Gasteiger partial charge in [-0.05, 0) is 20.3 Å². The van der Waals surface area contributed by atoms with Gasteiger partial charge in [-0.15, -0.1) is 0 Å². The van der Waals surface area contributed by atoms with Gasteiger partial charge < -0.3 is 10.2 Å². The Bertz CT molecular complexity index is 250. The number of hydrogen-bond donors (Lipinski definition) is 2. The summed E-state index contributed by atoms with van der Waals surface area (Å²) in [5.41, 5.74) is -1.40. The van der Waals surface area contributed by atoms with Gasteiger partial charge in [0.1, 0.15) is 0 Å². The van der Waals surface area contributed by atoms with E-state index in [1.165, 1.54) is 19.9 Å². The predicted octanol–water partition coefficient (Wildman–Crippen LogP) is 1.52. The molecule has 4 nitrogen and oxygen atoms in total. The predicted molar refractivity (Wildman–Crippen MR) is 47.4 cm³/mol. The van der Waals surface area contributed by atoms with Gasteiger partial charge in [0.05, 0.1) is 5.41 Å². The zero-order valence-electron chi connectivity index (χ0n) is 8.00. The summed E-state index contributed by atoms with van der Waals surface area (Å²) in [6.45, 7) is 4.52. The van der Waals surface area contributed by atoms with Gasteiger partial charge in [-0.1, -0.05) is 13.0 Å². The van der Waals surface area contributed by atoms with Crippen LogP contribution in [0, 0.1) is 5.41 Å². The van der Waals surface area contributed by atoms with E-state index in [0.29, 0.717) is 6.42 Å². The van der Waals surface area contributed by atoms with Crippen LogP contribution in [0.5, 0.6) is 0 Å². The van der Waals surface area contributed by atoms with Gasteiger partial charge in [0, 0.05) is 5.57 Å². The van der Waals surface area contributed by atoms with Crippen LogP contribution >= 0.6 is 0 Å². The first kappa shape index (κ1) is 11.7. The van der Waals surface area contributed by atoms with Gasteiger partial charge in [-0.3, -0.25) is 4.79 Å². The minimum absolute atomic E-state index is 0.0671. The van der Waals surface area contributed by atoms with E-state index in [0.717, 1.165) is 0 Å². The van der Waals surface area contributed by atoms with Crippen LogP contribution < -0.4 is 0 Å². The maximum Gasteiger partial charge on any atom is 0.332 e. The minimum Gasteiger partial charge on any atom is -0.481 e. The molecule has 0 radical (unpaired) electrons. The Labute approximate surface area is 76.9 Å². The molecule has 74 valence electrons. The first-order valence-corrected chi connectivity index (χ1v) is 4.01. The lowest BCUT2D eigenvalue weighted by Gasteiger charge is -2.19. The van der Waals surface area contributed by atoms with Crippen molar-refractivity contribution >= 4 is 11.9 Å². The third-order valence-electron chi connectivity index (χ3n) is 1.85. The van der Waals surface area contributed by atoms with E-state index in [4.69, 9.17) is 10.2 Å². The number of allylic oxidation sites excluding steroid dienone is 1. The smallest absolute Gasteiger partial charge is 0.332 e. The summed E-state index contributed by atoms with van der Waals surface area (Å²) in [4.78, 5) is 21.4. The summed E-state index contributed by atoms with van der Waals surface area (Å²) >= 11 is 0. The maximum absolute atomic E-state index is 10.7. The zero-order chi connectivity index (χ0) is 10.6. The molecule has 0 spiro atoms. The quantitative estimate of drug-likeness (QED) is 0.653. The fourth-order valence-electron chi connectivity index (χ4n) is 0.929. The van der Waals surface area contributed by atoms with Gasteiger partial charge in [0.2, 0.25) is 0 Å². The van der Waals surface area contributed by atoms with Crippen molar-refractivity contribution < 1.29 is 19.8 Å². The number of carbonyl (C=O) groups is 2. The van der Waals surface area contributed by atoms with Crippen molar-refractivity contribution in [3.8, 4) is 0 Å². The highest BCUT2D eigenvalue weighted by molar-refractivity contribution is 5.95. The van der Waals surface area contributed by atoms with Crippen molar-refractivity contribution in [3.63, 3.8) is 0 Å². The highest BCUT2D eigenvalue weighted by Gasteiger charge is 2.35. The Kier molecular flexibility index (Phi) is 3.66. The topological polar surface area (TPSA) is 74.6 Å². The number of rotatable bonds is 4. The molecule has 0 aromatic carbocycles. The molecular weight excluding hydrogens is 172 g/mol. The molecule has 0 aromatic heterocycles. The molecule has 0 aromatic rings. The molecule has 0 aliphatic rings. The number of aliphatic carboxylic acids is 2. The standard InChI is InChI=1S/C9H14O4/c1-4-5-6(7(10)11)9(2,3)8(12)13/h5H,4H2,1-3H3,(H,10,11)(H,12,13). The molecule has 2 N–H and O–H groups in total. The molecule has 13 heavy (non-hydrogen) atoms. The van der Waals surface area contributed by atoms with Crippen LogP contribution in [0.4, 0.5) is 0 Å². The van der Waals surface area contributed by atoms with Crippen LogP contribution in [0.2, 0.25) is 0 Å². The van der Waals surface area contributed by atoms with Crippen LogP contribution in [0.25, 0.3) is 0 Å². The summed E-state index contributed by atoms with van der Waals surface area (Å²) in [5.74, 6) is -2.30. The SMILES string of the molecule is CCC=C(C(=O)O)C(C)(C)C(=O)O. The van der Waals surface area contributed by atoms with E-state index in [2.05, 4.69) is 0 Å². The fraction of sp³-hybridized carbons (Fsp3) is 0.556. The average molecular weight is 186 g/mol. The van der Waals surface area contributed by atoms with Crippen LogP contribution in [-0.2, 0) is 9.59 Å². The Balaban J connectivity index is 5.07. The number of hydrogen-bond acceptors (Lipinski definition) is 2. The van der Waals surface area contributed by atoms with Crippen molar-refractivity contribution in [2.75, 3.05) is 0 Å². The monoisotopic (exact) mass is 186 g/mol. The van der Waals surface area contributed by atoms with Crippen LogP contribution in [0.3, 0.4) is 0 Å². The highest BCUT2D eigenvalue weighted by atomic mass is 16.4. The summed E-state index contributed by atoms with van der Waals surface area (Å²) in [6, 6.07) is 0. The highest BCUT2D eigenvalue weighted by Crippen LogP contribution is 2.26. The van der Waals surface area contributed by atoms with E-state index in [1.54, 1.807) is 6.92 Å². The molecule has 0 aliphatic carbocycles. The second-order valence-corrected chi connectivity index (χ2v) is 3.26. The zero-order valence-corrected chi connectivity index (χ0v) is 8.00. The Morgan fingerprint density at radius 3 is 2.00 bits per heavy atom. The number of carboxylic acid groups (broad SMARTS) is 2. The van der Waals surface area contributed by atoms with Gasteiger partial charge in [0.25, 0.3) is 0 Å². The van der Waals surface area contributed by atoms with Crippen molar-refractivity contribution in [3.05, 3.63) is 11.6 Å². The molecule has 0 amide bonds. The summed E-state index contributed by atoms with van der Waals surface area (Å²) < 4.78 is 0. The van der Waals surface area contributed by atoms with Gasteiger partial charge in [0.15, 0.2) is 0 Å². The molecule has 0 rings (SSSR count). The van der Waals surface area contributed by atoms with Crippen LogP contribution in [0.1, 0.15) is 27.2 Å². The summed E-state index contributed by atoms with van der Waals surface area (Å²) in [5, 5.41) is 17.5. The van der Waals surface area contributed by atoms with E-state index in [1.807, 2.05) is 0 Å². The van der Waals surface area contributed by atoms with Crippen molar-refractivity contribution in [1.29, 1.82) is 0 Å². The summed E-state index contributed by atoms with van der Waals surface area (Å²) in [6.07, 6.45) is 1.94. The molecular formula is C9H14O4. The minimum atomic E-state index is -1.33. The van der Waals surface area contributed by atoms with Crippen molar-refractivity contribution in [2.45, 2.75) is 27.2 Å². The lowest BCUT2D eigenvalue weighted by atomic mass is 9.83.